The Kier molecular flexibility index (Phi) is 2.63. The largest absolute Gasteiger partial charge is 0.300 e. The zero-order chi connectivity index (χ0) is 8.48. The molecule has 0 N–H and O–H groups in total. The van der Waals surface area contributed by atoms with E-state index in [1.165, 1.54) is 12.2 Å². The summed E-state index contributed by atoms with van der Waals surface area (Å²) in [4.78, 5) is 10.9. The zero-order valence-electron chi connectivity index (χ0n) is 7.52. The molecule has 11 heavy (non-hydrogen) atoms. The molecule has 0 spiro atoms. The average molecular weight is 172 g/mol. The summed E-state index contributed by atoms with van der Waals surface area (Å²) in [6, 6.07) is 0. The third kappa shape index (κ3) is 2.22. The summed E-state index contributed by atoms with van der Waals surface area (Å²) in [5.41, 5.74) is 0. The molecule has 0 amide bonds. The molecule has 1 fully saturated rings. The third-order valence-corrected chi connectivity index (χ3v) is 3.97. The maximum atomic E-state index is 10.9. The highest BCUT2D eigenvalue weighted by Crippen LogP contribution is 2.43. The Morgan fingerprint density at radius 1 is 1.64 bits per heavy atom. The lowest BCUT2D eigenvalue weighted by molar-refractivity contribution is -0.118. The van der Waals surface area contributed by atoms with Gasteiger partial charge in [0.15, 0.2) is 0 Å². The van der Waals surface area contributed by atoms with E-state index < -0.39 is 0 Å². The summed E-state index contributed by atoms with van der Waals surface area (Å²) in [5.74, 6) is 2.18. The summed E-state index contributed by atoms with van der Waals surface area (Å²) in [5, 5.41) is 0. The highest BCUT2D eigenvalue weighted by atomic mass is 32.2. The van der Waals surface area contributed by atoms with Gasteiger partial charge in [0.25, 0.3) is 0 Å². The Morgan fingerprint density at radius 3 is 2.64 bits per heavy atom. The molecule has 0 aromatic heterocycles. The summed E-state index contributed by atoms with van der Waals surface area (Å²) >= 11 is 2.00. The monoisotopic (exact) mass is 172 g/mol. The van der Waals surface area contributed by atoms with Gasteiger partial charge >= 0.3 is 0 Å². The average Bonchev–Trinajstić information content (AvgIpc) is 2.10. The Hall–Kier alpha value is 0.0200. The zero-order valence-corrected chi connectivity index (χ0v) is 8.33. The molecule has 1 aliphatic rings. The first-order valence-corrected chi connectivity index (χ1v) is 5.14. The summed E-state index contributed by atoms with van der Waals surface area (Å²) in [6.07, 6.45) is 2.00. The number of ketones is 1. The van der Waals surface area contributed by atoms with Gasteiger partial charge in [-0.25, -0.2) is 0 Å². The molecule has 64 valence electrons. The molecule has 0 radical (unpaired) electrons. The smallest absolute Gasteiger partial charge is 0.130 e. The van der Waals surface area contributed by atoms with Gasteiger partial charge in [-0.1, -0.05) is 13.8 Å². The van der Waals surface area contributed by atoms with Crippen LogP contribution in [0.5, 0.6) is 0 Å². The van der Waals surface area contributed by atoms with Crippen molar-refractivity contribution >= 4 is 17.5 Å². The first-order valence-electron chi connectivity index (χ1n) is 4.16. The molecule has 1 nitrogen and oxygen atoms in total. The Labute approximate surface area is 72.9 Å². The quantitative estimate of drug-likeness (QED) is 0.636. The number of hydrogen-bond acceptors (Lipinski definition) is 2. The first-order chi connectivity index (χ1) is 5.02. The molecular formula is C9H16OS. The van der Waals surface area contributed by atoms with Crippen molar-refractivity contribution in [3.8, 4) is 0 Å². The van der Waals surface area contributed by atoms with E-state index in [0.29, 0.717) is 16.4 Å². The molecular weight excluding hydrogens is 156 g/mol. The van der Waals surface area contributed by atoms with E-state index in [0.717, 1.165) is 6.42 Å². The van der Waals surface area contributed by atoms with Crippen molar-refractivity contribution in [2.24, 2.45) is 5.92 Å². The molecule has 1 unspecified atom stereocenters. The molecule has 0 aromatic rings. The molecule has 1 heterocycles. The predicted molar refractivity (Wildman–Crippen MR) is 49.9 cm³/mol. The topological polar surface area (TPSA) is 17.1 Å². The Balaban J connectivity index is 2.51. The normalized spacial score (nSPS) is 28.8. The van der Waals surface area contributed by atoms with Crippen LogP contribution >= 0.6 is 11.8 Å². The highest BCUT2D eigenvalue weighted by molar-refractivity contribution is 8.00. The van der Waals surface area contributed by atoms with Crippen molar-refractivity contribution in [2.75, 3.05) is 5.75 Å². The lowest BCUT2D eigenvalue weighted by atomic mass is 9.88. The first kappa shape index (κ1) is 9.11. The van der Waals surface area contributed by atoms with Gasteiger partial charge in [-0.2, -0.15) is 11.8 Å². The lowest BCUT2D eigenvalue weighted by Gasteiger charge is -2.24. The number of rotatable bonds is 2. The SMILES string of the molecule is CC(=O)CC1CCSC1(C)C. The van der Waals surface area contributed by atoms with Crippen molar-refractivity contribution in [3.05, 3.63) is 0 Å². The van der Waals surface area contributed by atoms with Gasteiger partial charge in [-0.05, 0) is 25.0 Å². The van der Waals surface area contributed by atoms with Gasteiger partial charge in [0.2, 0.25) is 0 Å². The molecule has 1 rings (SSSR count). The number of carbonyl (C=O) groups excluding carboxylic acids is 1. The third-order valence-electron chi connectivity index (χ3n) is 2.46. The van der Waals surface area contributed by atoms with Gasteiger partial charge in [0.05, 0.1) is 0 Å². The summed E-state index contributed by atoms with van der Waals surface area (Å²) in [7, 11) is 0. The van der Waals surface area contributed by atoms with E-state index in [4.69, 9.17) is 0 Å². The highest BCUT2D eigenvalue weighted by Gasteiger charge is 2.35. The van der Waals surface area contributed by atoms with Crippen LogP contribution in [0.4, 0.5) is 0 Å². The van der Waals surface area contributed by atoms with Crippen LogP contribution in [0.25, 0.3) is 0 Å². The fourth-order valence-corrected chi connectivity index (χ4v) is 2.99. The van der Waals surface area contributed by atoms with Crippen LogP contribution in [0.2, 0.25) is 0 Å². The number of hydrogen-bond donors (Lipinski definition) is 0. The number of carbonyl (C=O) groups is 1. The minimum absolute atomic E-state index is 0.338. The van der Waals surface area contributed by atoms with Crippen LogP contribution in [-0.4, -0.2) is 16.3 Å². The van der Waals surface area contributed by atoms with Crippen LogP contribution < -0.4 is 0 Å². The number of Topliss-reactive ketones (excluding diaryl/α,β-unsaturated/α-hetero) is 1. The molecule has 0 aliphatic carbocycles. The van der Waals surface area contributed by atoms with Gasteiger partial charge in [-0.15, -0.1) is 0 Å². The van der Waals surface area contributed by atoms with E-state index in [9.17, 15) is 4.79 Å². The van der Waals surface area contributed by atoms with Gasteiger partial charge in [0.1, 0.15) is 5.78 Å². The second-order valence-corrected chi connectivity index (χ2v) is 5.59. The van der Waals surface area contributed by atoms with Crippen molar-refractivity contribution in [2.45, 2.75) is 38.4 Å². The van der Waals surface area contributed by atoms with Crippen LogP contribution in [0.1, 0.15) is 33.6 Å². The van der Waals surface area contributed by atoms with E-state index in [-0.39, 0.29) is 0 Å². The van der Waals surface area contributed by atoms with Crippen molar-refractivity contribution in [3.63, 3.8) is 0 Å². The molecule has 0 aromatic carbocycles. The summed E-state index contributed by atoms with van der Waals surface area (Å²) in [6.45, 7) is 6.19. The molecule has 0 saturated carbocycles. The predicted octanol–water partition coefficient (Wildman–Crippen LogP) is 2.50. The Morgan fingerprint density at radius 2 is 2.27 bits per heavy atom. The minimum Gasteiger partial charge on any atom is -0.300 e. The lowest BCUT2D eigenvalue weighted by Crippen LogP contribution is -2.23. The van der Waals surface area contributed by atoms with Crippen LogP contribution in [-0.2, 0) is 4.79 Å². The van der Waals surface area contributed by atoms with Crippen LogP contribution in [0, 0.1) is 5.92 Å². The van der Waals surface area contributed by atoms with Gasteiger partial charge < -0.3 is 4.79 Å². The van der Waals surface area contributed by atoms with E-state index in [2.05, 4.69) is 13.8 Å². The second-order valence-electron chi connectivity index (χ2n) is 3.84. The minimum atomic E-state index is 0.338. The molecule has 1 atom stereocenters. The van der Waals surface area contributed by atoms with Crippen LogP contribution in [0.15, 0.2) is 0 Å². The maximum Gasteiger partial charge on any atom is 0.130 e. The van der Waals surface area contributed by atoms with Crippen molar-refractivity contribution in [1.29, 1.82) is 0 Å². The van der Waals surface area contributed by atoms with Crippen molar-refractivity contribution < 1.29 is 4.79 Å². The van der Waals surface area contributed by atoms with Crippen LogP contribution in [0.3, 0.4) is 0 Å². The van der Waals surface area contributed by atoms with Gasteiger partial charge in [-0.3, -0.25) is 0 Å². The van der Waals surface area contributed by atoms with E-state index in [1.54, 1.807) is 6.92 Å². The standard InChI is InChI=1S/C9H16OS/c1-7(10)6-8-4-5-11-9(8,2)3/h8H,4-6H2,1-3H3. The molecule has 1 saturated heterocycles. The number of thioether (sulfide) groups is 1. The Bertz CT molecular complexity index is 163. The second kappa shape index (κ2) is 3.18. The maximum absolute atomic E-state index is 10.9. The molecule has 2 heteroatoms. The fraction of sp³-hybridized carbons (Fsp3) is 0.889. The van der Waals surface area contributed by atoms with Gasteiger partial charge in [0, 0.05) is 11.2 Å². The summed E-state index contributed by atoms with van der Waals surface area (Å²) < 4.78 is 0.339. The molecule has 1 aliphatic heterocycles. The van der Waals surface area contributed by atoms with Crippen molar-refractivity contribution in [1.82, 2.24) is 0 Å². The fourth-order valence-electron chi connectivity index (χ4n) is 1.62. The molecule has 0 bridgehead atoms. The van der Waals surface area contributed by atoms with E-state index >= 15 is 0 Å². The van der Waals surface area contributed by atoms with E-state index in [1.807, 2.05) is 11.8 Å².